The lowest BCUT2D eigenvalue weighted by Crippen LogP contribution is -2.53. The number of benzene rings is 2. The molecule has 5 rings (SSSR count). The Morgan fingerprint density at radius 3 is 2.81 bits per heavy atom. The molecule has 3 amide bonds. The number of aromatic amines is 1. The zero-order chi connectivity index (χ0) is 26.5. The summed E-state index contributed by atoms with van der Waals surface area (Å²) in [7, 11) is 3.29. The Morgan fingerprint density at radius 2 is 2.11 bits per heavy atom. The average molecular weight is 505 g/mol. The fourth-order valence-electron chi connectivity index (χ4n) is 5.68. The van der Waals surface area contributed by atoms with Gasteiger partial charge in [0.25, 0.3) is 5.91 Å². The number of ether oxygens (including phenoxy) is 1. The van der Waals surface area contributed by atoms with Crippen LogP contribution < -0.4 is 4.74 Å². The van der Waals surface area contributed by atoms with Gasteiger partial charge in [0.1, 0.15) is 17.3 Å². The van der Waals surface area contributed by atoms with Gasteiger partial charge in [0.2, 0.25) is 0 Å². The molecule has 1 aromatic heterocycles. The Hall–Kier alpha value is -4.03. The van der Waals surface area contributed by atoms with Gasteiger partial charge < -0.3 is 14.8 Å². The lowest BCUT2D eigenvalue weighted by atomic mass is 9.81. The number of hydrogen-bond acceptors (Lipinski definition) is 5. The molecule has 0 spiro atoms. The standard InChI is InChI=1S/C28H29FN4O4/c1-5-12-31(3)13-7-14-32-26(35)28(2)16-19-22-20(10-11-21(37-4)23(22)29)30-24(19)25(33(28)27(32)36)17-8-6-9-18(34)15-17/h1,6,8-11,15,25,30,34H,7,12-14,16H2,2-4H3/t25-,28+/m1/s1. The third-order valence-corrected chi connectivity index (χ3v) is 7.42. The van der Waals surface area contributed by atoms with Gasteiger partial charge in [-0.3, -0.25) is 19.5 Å². The van der Waals surface area contributed by atoms with Crippen molar-refractivity contribution in [3.05, 3.63) is 59.0 Å². The highest BCUT2D eigenvalue weighted by molar-refractivity contribution is 6.08. The number of aromatic hydroxyl groups is 1. The zero-order valence-electron chi connectivity index (χ0n) is 21.0. The molecular formula is C28H29FN4O4. The predicted octanol–water partition coefficient (Wildman–Crippen LogP) is 3.64. The number of terminal acetylenes is 1. The third-order valence-electron chi connectivity index (χ3n) is 7.42. The van der Waals surface area contributed by atoms with Gasteiger partial charge in [0, 0.05) is 36.1 Å². The first kappa shape index (κ1) is 24.7. The molecule has 3 aromatic rings. The number of phenolic OH excluding ortho intramolecular Hbond substituents is 1. The molecule has 2 aromatic carbocycles. The second kappa shape index (κ2) is 9.12. The molecule has 2 N–H and O–H groups in total. The average Bonchev–Trinajstić information content (AvgIpc) is 3.31. The quantitative estimate of drug-likeness (QED) is 0.379. The van der Waals surface area contributed by atoms with Crippen molar-refractivity contribution >= 4 is 22.8 Å². The number of rotatable bonds is 7. The minimum Gasteiger partial charge on any atom is -0.508 e. The normalized spacial score (nSPS) is 20.9. The second-order valence-electron chi connectivity index (χ2n) is 9.87. The molecule has 37 heavy (non-hydrogen) atoms. The first-order valence-corrected chi connectivity index (χ1v) is 12.1. The van der Waals surface area contributed by atoms with E-state index in [-0.39, 0.29) is 30.4 Å². The molecule has 1 fully saturated rings. The molecule has 8 nitrogen and oxygen atoms in total. The summed E-state index contributed by atoms with van der Waals surface area (Å²) in [5, 5.41) is 10.6. The van der Waals surface area contributed by atoms with E-state index in [1.54, 1.807) is 42.2 Å². The molecular weight excluding hydrogens is 475 g/mol. The van der Waals surface area contributed by atoms with Gasteiger partial charge in [-0.25, -0.2) is 9.18 Å². The van der Waals surface area contributed by atoms with Crippen LogP contribution in [0.25, 0.3) is 10.9 Å². The van der Waals surface area contributed by atoms with E-state index in [1.165, 1.54) is 18.1 Å². The minimum absolute atomic E-state index is 0.0293. The van der Waals surface area contributed by atoms with Crippen LogP contribution in [-0.2, 0) is 11.2 Å². The van der Waals surface area contributed by atoms with Crippen LogP contribution in [-0.4, -0.2) is 76.1 Å². The largest absolute Gasteiger partial charge is 0.508 e. The van der Waals surface area contributed by atoms with Gasteiger partial charge in [-0.1, -0.05) is 18.1 Å². The Bertz CT molecular complexity index is 1440. The monoisotopic (exact) mass is 504 g/mol. The van der Waals surface area contributed by atoms with Crippen molar-refractivity contribution in [1.29, 1.82) is 0 Å². The number of phenols is 1. The number of imide groups is 1. The van der Waals surface area contributed by atoms with Gasteiger partial charge in [0.15, 0.2) is 11.6 Å². The number of hydrogen-bond donors (Lipinski definition) is 2. The van der Waals surface area contributed by atoms with Crippen LogP contribution in [0.15, 0.2) is 36.4 Å². The first-order valence-electron chi connectivity index (χ1n) is 12.1. The molecule has 2 aliphatic rings. The maximum absolute atomic E-state index is 15.5. The number of halogens is 1. The summed E-state index contributed by atoms with van der Waals surface area (Å²) in [4.78, 5) is 35.8. The van der Waals surface area contributed by atoms with E-state index >= 15 is 4.39 Å². The van der Waals surface area contributed by atoms with Crippen LogP contribution in [0.4, 0.5) is 9.18 Å². The molecule has 0 bridgehead atoms. The van der Waals surface area contributed by atoms with Crippen LogP contribution in [0.2, 0.25) is 0 Å². The fraction of sp³-hybridized carbons (Fsp3) is 0.357. The van der Waals surface area contributed by atoms with Gasteiger partial charge in [-0.15, -0.1) is 6.42 Å². The smallest absolute Gasteiger partial charge is 0.328 e. The number of nitrogens with zero attached hydrogens (tertiary/aromatic N) is 3. The fourth-order valence-corrected chi connectivity index (χ4v) is 5.68. The lowest BCUT2D eigenvalue weighted by molar-refractivity contribution is -0.133. The summed E-state index contributed by atoms with van der Waals surface area (Å²) < 4.78 is 20.7. The van der Waals surface area contributed by atoms with Crippen LogP contribution in [0.3, 0.4) is 0 Å². The molecule has 0 unspecified atom stereocenters. The molecule has 192 valence electrons. The number of urea groups is 1. The molecule has 2 atom stereocenters. The number of fused-ring (bicyclic) bond motifs is 4. The number of H-pyrrole nitrogens is 1. The SMILES string of the molecule is C#CCN(C)CCCN1C(=O)N2[C@H](c3cccc(O)c3)c3[nH]c4ccc(OC)c(F)c4c3C[C@@]2(C)C1=O. The van der Waals surface area contributed by atoms with Crippen LogP contribution in [0.1, 0.15) is 36.2 Å². The second-order valence-corrected chi connectivity index (χ2v) is 9.87. The van der Waals surface area contributed by atoms with Crippen LogP contribution in [0.5, 0.6) is 11.5 Å². The topological polar surface area (TPSA) is 89.1 Å². The molecule has 9 heteroatoms. The molecule has 0 aliphatic carbocycles. The van der Waals surface area contributed by atoms with Crippen molar-refractivity contribution in [1.82, 2.24) is 19.7 Å². The summed E-state index contributed by atoms with van der Waals surface area (Å²) >= 11 is 0. The summed E-state index contributed by atoms with van der Waals surface area (Å²) in [6.07, 6.45) is 6.08. The molecule has 2 aliphatic heterocycles. The molecule has 3 heterocycles. The van der Waals surface area contributed by atoms with Gasteiger partial charge >= 0.3 is 6.03 Å². The van der Waals surface area contributed by atoms with Crippen molar-refractivity contribution in [2.75, 3.05) is 33.8 Å². The van der Waals surface area contributed by atoms with Gasteiger partial charge in [0.05, 0.1) is 13.7 Å². The third kappa shape index (κ3) is 3.80. The van der Waals surface area contributed by atoms with Crippen molar-refractivity contribution in [3.63, 3.8) is 0 Å². The number of carbonyl (C=O) groups excluding carboxylic acids is 2. The van der Waals surface area contributed by atoms with E-state index in [1.807, 2.05) is 11.9 Å². The van der Waals surface area contributed by atoms with E-state index in [0.29, 0.717) is 47.2 Å². The maximum Gasteiger partial charge on any atom is 0.328 e. The number of methoxy groups -OCH3 is 1. The Labute approximate surface area is 214 Å². The van der Waals surface area contributed by atoms with Gasteiger partial charge in [-0.2, -0.15) is 0 Å². The Balaban J connectivity index is 1.62. The number of nitrogens with one attached hydrogen (secondary N) is 1. The van der Waals surface area contributed by atoms with Crippen LogP contribution in [0, 0.1) is 18.2 Å². The van der Waals surface area contributed by atoms with Crippen molar-refractivity contribution in [3.8, 4) is 23.8 Å². The first-order chi connectivity index (χ1) is 17.7. The Kier molecular flexibility index (Phi) is 6.08. The summed E-state index contributed by atoms with van der Waals surface area (Å²) in [6.45, 7) is 3.07. The molecule has 1 saturated heterocycles. The zero-order valence-corrected chi connectivity index (χ0v) is 21.0. The Morgan fingerprint density at radius 1 is 1.32 bits per heavy atom. The molecule has 0 saturated carbocycles. The highest BCUT2D eigenvalue weighted by atomic mass is 19.1. The van der Waals surface area contributed by atoms with E-state index in [2.05, 4.69) is 10.9 Å². The van der Waals surface area contributed by atoms with Gasteiger partial charge in [-0.05, 0) is 55.8 Å². The van der Waals surface area contributed by atoms with E-state index in [9.17, 15) is 14.7 Å². The van der Waals surface area contributed by atoms with E-state index in [0.717, 1.165) is 0 Å². The summed E-state index contributed by atoms with van der Waals surface area (Å²) in [6, 6.07) is 8.70. The van der Waals surface area contributed by atoms with Crippen molar-refractivity contribution in [2.24, 2.45) is 0 Å². The highest BCUT2D eigenvalue weighted by Crippen LogP contribution is 2.49. The maximum atomic E-state index is 15.5. The minimum atomic E-state index is -1.24. The summed E-state index contributed by atoms with van der Waals surface area (Å²) in [5.41, 5.74) is 1.15. The van der Waals surface area contributed by atoms with E-state index in [4.69, 9.17) is 11.2 Å². The summed E-state index contributed by atoms with van der Waals surface area (Å²) in [5.74, 6) is 1.86. The molecule has 0 radical (unpaired) electrons. The predicted molar refractivity (Wildman–Crippen MR) is 137 cm³/mol. The van der Waals surface area contributed by atoms with Crippen molar-refractivity contribution < 1.29 is 23.8 Å². The number of aromatic nitrogens is 1. The number of carbonyl (C=O) groups is 2. The van der Waals surface area contributed by atoms with Crippen LogP contribution >= 0.6 is 0 Å². The number of amides is 3. The van der Waals surface area contributed by atoms with E-state index < -0.39 is 23.4 Å². The van der Waals surface area contributed by atoms with Crippen molar-refractivity contribution in [2.45, 2.75) is 31.3 Å². The lowest BCUT2D eigenvalue weighted by Gasteiger charge is -2.42. The highest BCUT2D eigenvalue weighted by Gasteiger charge is 2.60.